The van der Waals surface area contributed by atoms with Crippen molar-refractivity contribution in [3.63, 3.8) is 0 Å². The van der Waals surface area contributed by atoms with Crippen molar-refractivity contribution in [2.24, 2.45) is 29.6 Å². The van der Waals surface area contributed by atoms with Gasteiger partial charge in [0, 0.05) is 105 Å². The number of fused-ring (bicyclic) bond motifs is 2. The van der Waals surface area contributed by atoms with Crippen LogP contribution in [0.3, 0.4) is 0 Å². The average molecular weight is 1500 g/mol. The maximum atomic E-state index is 15.8. The van der Waals surface area contributed by atoms with Gasteiger partial charge in [-0.15, -0.1) is 0 Å². The van der Waals surface area contributed by atoms with E-state index in [1.807, 2.05) is 80.8 Å². The number of likely N-dealkylation sites (N-methyl/N-ethyl adjacent to an activating group) is 6. The zero-order valence-electron chi connectivity index (χ0n) is 67.0. The van der Waals surface area contributed by atoms with Crippen molar-refractivity contribution in [1.82, 2.24) is 65.8 Å². The molecule has 3 aliphatic heterocycles. The van der Waals surface area contributed by atoms with Crippen LogP contribution in [0.4, 0.5) is 0 Å². The van der Waals surface area contributed by atoms with Crippen LogP contribution in [0.2, 0.25) is 0 Å². The Morgan fingerprint density at radius 3 is 1.59 bits per heavy atom. The molecule has 26 nitrogen and oxygen atoms in total. The Labute approximate surface area is 640 Å². The van der Waals surface area contributed by atoms with E-state index in [0.29, 0.717) is 24.2 Å². The van der Waals surface area contributed by atoms with Crippen molar-refractivity contribution >= 4 is 76.7 Å². The molecule has 594 valence electrons. The summed E-state index contributed by atoms with van der Waals surface area (Å²) in [7, 11) is 10.6. The van der Waals surface area contributed by atoms with Gasteiger partial charge in [0.05, 0.1) is 12.6 Å². The molecule has 3 aromatic carbocycles. The number of piperidine rings is 1. The number of amides is 12. The fourth-order valence-corrected chi connectivity index (χ4v) is 15.1. The highest BCUT2D eigenvalue weighted by Crippen LogP contribution is 2.29. The predicted octanol–water partition coefficient (Wildman–Crippen LogP) is 5.04. The summed E-state index contributed by atoms with van der Waals surface area (Å²) in [6, 6.07) is 14.3. The molecular formula is C82H123N13O13. The number of hydrogen-bond acceptors (Lipinski definition) is 14. The van der Waals surface area contributed by atoms with Gasteiger partial charge in [0.25, 0.3) is 0 Å². The van der Waals surface area contributed by atoms with Gasteiger partial charge in [0.1, 0.15) is 54.4 Å². The van der Waals surface area contributed by atoms with Crippen LogP contribution < -0.4 is 26.6 Å². The summed E-state index contributed by atoms with van der Waals surface area (Å²) < 4.78 is 0. The van der Waals surface area contributed by atoms with E-state index in [0.717, 1.165) is 24.8 Å². The van der Waals surface area contributed by atoms with E-state index in [9.17, 15) is 38.4 Å². The lowest BCUT2D eigenvalue weighted by molar-refractivity contribution is -0.152. The van der Waals surface area contributed by atoms with E-state index in [4.69, 9.17) is 0 Å². The van der Waals surface area contributed by atoms with Crippen LogP contribution in [0, 0.1) is 29.6 Å². The quantitative estimate of drug-likeness (QED) is 0.111. The maximum Gasteiger partial charge on any atom is 0.246 e. The summed E-state index contributed by atoms with van der Waals surface area (Å²) in [5, 5.41) is 14.4. The molecule has 3 fully saturated rings. The largest absolute Gasteiger partial charge is 0.345 e. The number of benzene rings is 3. The Hall–Kier alpha value is -9.07. The number of Topliss-reactive ketones (excluding diaryl/α,β-unsaturated/α-hetero) is 1. The molecule has 3 aliphatic rings. The highest BCUT2D eigenvalue weighted by atomic mass is 16.2. The Kier molecular flexibility index (Phi) is 33.7. The third kappa shape index (κ3) is 24.2. The topological polar surface area (TPSA) is 308 Å². The molecule has 6 rings (SSSR count). The molecule has 0 radical (unpaired) electrons. The van der Waals surface area contributed by atoms with Gasteiger partial charge < -0.3 is 65.8 Å². The van der Waals surface area contributed by atoms with Crippen molar-refractivity contribution in [2.75, 3.05) is 75.5 Å². The Balaban J connectivity index is 1.42. The number of carbonyl (C=O) groups is 13. The van der Waals surface area contributed by atoms with Gasteiger partial charge in [-0.05, 0) is 120 Å². The molecule has 13 atom stereocenters. The van der Waals surface area contributed by atoms with Gasteiger partial charge >= 0.3 is 0 Å². The SMILES string of the molecule is CC(C)CC1NC(=O)[C@H](CC(C)C)N(C)C(=O)CNC(=O)[C@H](Cc2ccccc2)NC(=O)[C@H](C(C)C)N(C)C(=O)[C@H](Cc2ccccc2)NC(=O)[C@H](C)N(C)C(=O)CCN(C)[C@@H]2CCC[C@@H](C(=O)N(C)[C@@H](Cc3ccccc3)C(=O)CC[C@@H](C)C(=O)N3CCCCC3)NC(=O)[C@H](C)N(C)C(=O)[C@H](C2C)N(C)C1=O. The van der Waals surface area contributed by atoms with Crippen LogP contribution in [0.15, 0.2) is 91.0 Å². The molecular weight excluding hydrogens is 1370 g/mol. The number of nitrogens with one attached hydrogen (secondary N) is 5. The molecule has 2 bridgehead atoms. The molecule has 3 heterocycles. The fourth-order valence-electron chi connectivity index (χ4n) is 15.1. The highest BCUT2D eigenvalue weighted by molar-refractivity contribution is 5.99. The second-order valence-corrected chi connectivity index (χ2v) is 31.5. The molecule has 2 unspecified atom stereocenters. The minimum atomic E-state index is -1.35. The molecule has 3 saturated heterocycles. The number of carbonyl (C=O) groups excluding carboxylic acids is 13. The number of rotatable bonds is 18. The van der Waals surface area contributed by atoms with Gasteiger partial charge in [0.2, 0.25) is 70.9 Å². The normalized spacial score (nSPS) is 25.5. The summed E-state index contributed by atoms with van der Waals surface area (Å²) >= 11 is 0. The van der Waals surface area contributed by atoms with E-state index in [2.05, 4.69) is 26.6 Å². The lowest BCUT2D eigenvalue weighted by Crippen LogP contribution is -2.63. The van der Waals surface area contributed by atoms with Crippen LogP contribution in [0.25, 0.3) is 0 Å². The van der Waals surface area contributed by atoms with Crippen LogP contribution in [-0.2, 0) is 81.6 Å². The first kappa shape index (κ1) is 87.8. The second kappa shape index (κ2) is 41.5. The van der Waals surface area contributed by atoms with Crippen molar-refractivity contribution in [2.45, 2.75) is 226 Å². The number of ketones is 1. The van der Waals surface area contributed by atoms with Crippen LogP contribution in [-0.4, -0.2) is 258 Å². The second-order valence-electron chi connectivity index (χ2n) is 31.5. The van der Waals surface area contributed by atoms with E-state index in [-0.39, 0.29) is 101 Å². The van der Waals surface area contributed by atoms with Crippen molar-refractivity contribution in [3.05, 3.63) is 108 Å². The third-order valence-corrected chi connectivity index (χ3v) is 22.1. The third-order valence-electron chi connectivity index (χ3n) is 22.1. The Bertz CT molecular complexity index is 3560. The van der Waals surface area contributed by atoms with Crippen molar-refractivity contribution in [1.29, 1.82) is 0 Å². The van der Waals surface area contributed by atoms with Gasteiger partial charge in [0.15, 0.2) is 5.78 Å². The lowest BCUT2D eigenvalue weighted by atomic mass is 9.85. The zero-order valence-corrected chi connectivity index (χ0v) is 67.0. The van der Waals surface area contributed by atoms with Gasteiger partial charge in [-0.2, -0.15) is 0 Å². The average Bonchev–Trinajstić information content (AvgIpc) is 0.803. The summed E-state index contributed by atoms with van der Waals surface area (Å²) in [6.45, 7) is 18.4. The summed E-state index contributed by atoms with van der Waals surface area (Å²) in [4.78, 5) is 205. The number of hydrogen-bond donors (Lipinski definition) is 5. The minimum Gasteiger partial charge on any atom is -0.345 e. The van der Waals surface area contributed by atoms with Crippen LogP contribution >= 0.6 is 0 Å². The molecule has 3 aromatic rings. The molecule has 0 aliphatic carbocycles. The first-order chi connectivity index (χ1) is 51.0. The Morgan fingerprint density at radius 2 is 1.03 bits per heavy atom. The predicted molar refractivity (Wildman–Crippen MR) is 414 cm³/mol. The van der Waals surface area contributed by atoms with E-state index in [1.165, 1.54) is 78.5 Å². The first-order valence-corrected chi connectivity index (χ1v) is 38.7. The first-order valence-electron chi connectivity index (χ1n) is 38.7. The number of likely N-dealkylation sites (tertiary alicyclic amines) is 1. The smallest absolute Gasteiger partial charge is 0.246 e. The molecule has 5 N–H and O–H groups in total. The molecule has 108 heavy (non-hydrogen) atoms. The molecule has 0 aromatic heterocycles. The van der Waals surface area contributed by atoms with E-state index in [1.54, 1.807) is 89.5 Å². The van der Waals surface area contributed by atoms with E-state index >= 15 is 24.0 Å². The maximum absolute atomic E-state index is 15.8. The Morgan fingerprint density at radius 1 is 0.509 bits per heavy atom. The van der Waals surface area contributed by atoms with Crippen molar-refractivity contribution in [3.8, 4) is 0 Å². The highest BCUT2D eigenvalue weighted by Gasteiger charge is 2.46. The van der Waals surface area contributed by atoms with Gasteiger partial charge in [-0.1, -0.05) is 146 Å². The molecule has 0 saturated carbocycles. The fraction of sp³-hybridized carbons (Fsp3) is 0.622. The molecule has 26 heteroatoms. The van der Waals surface area contributed by atoms with E-state index < -0.39 is 156 Å². The summed E-state index contributed by atoms with van der Waals surface area (Å²) in [5.41, 5.74) is 2.14. The molecule has 12 amide bonds. The minimum absolute atomic E-state index is 0.00792. The summed E-state index contributed by atoms with van der Waals surface area (Å²) in [5.74, 6) is -9.59. The standard InChI is InChI=1S/C82H123N13O13/c1-51(2)45-63-80(106)94(17)72-55(8)65(38-30-37-61(84-74(100)57(10)90(13)82(72)108)79(105)92(15)66(49-60-35-26-20-27-36-60)68(96)40-39-54(7)78(104)95-42-28-21-29-43-95)88(11)44-41-69(97)89(12)56(9)73(99)86-64(48-59-33-24-19-25-34-59)81(107)93(16)71(53(5)6)77(103)85-62(47-58-31-22-18-23-32-58)75(101)83-50-70(98)91(14)67(46-52(3)4)76(102)87-63/h18-20,22-27,31-36,51-57,61-67,71-72H,21,28-30,37-50H2,1-17H3,(H,83,101)(H,84,100)(H,85,103)(H,86,99)(H,87,102)/t54-,55?,56+,57+,61+,62+,63?,64+,65-,66+,67+,71+,72+/m1/s1. The lowest BCUT2D eigenvalue weighted by Gasteiger charge is -2.43. The van der Waals surface area contributed by atoms with Crippen molar-refractivity contribution < 1.29 is 62.3 Å². The zero-order chi connectivity index (χ0) is 80.0. The monoisotopic (exact) mass is 1500 g/mol. The van der Waals surface area contributed by atoms with Crippen LogP contribution in [0.5, 0.6) is 0 Å². The van der Waals surface area contributed by atoms with Gasteiger partial charge in [-0.25, -0.2) is 0 Å². The van der Waals surface area contributed by atoms with Crippen LogP contribution in [0.1, 0.15) is 157 Å². The van der Waals surface area contributed by atoms with Gasteiger partial charge in [-0.3, -0.25) is 62.3 Å². The summed E-state index contributed by atoms with van der Waals surface area (Å²) in [6.07, 6.45) is 3.81. The molecule has 0 spiro atoms. The number of nitrogens with zero attached hydrogens (tertiary/aromatic N) is 8.